The molecule has 0 fully saturated rings. The van der Waals surface area contributed by atoms with Crippen molar-refractivity contribution in [2.75, 3.05) is 11.3 Å². The summed E-state index contributed by atoms with van der Waals surface area (Å²) in [6, 6.07) is 9.08. The summed E-state index contributed by atoms with van der Waals surface area (Å²) in [7, 11) is -2.11. The van der Waals surface area contributed by atoms with Gasteiger partial charge in [0.05, 0.1) is 10.8 Å². The predicted octanol–water partition coefficient (Wildman–Crippen LogP) is 1.13. The molecule has 0 radical (unpaired) electrons. The Hall–Kier alpha value is -0.480. The largest absolute Gasteiger partial charge is 0.259 e. The fraction of sp³-hybridized carbons (Fsp3) is 0.250. The van der Waals surface area contributed by atoms with Gasteiger partial charge in [-0.15, -0.1) is 0 Å². The maximum absolute atomic E-state index is 11.4. The molecule has 0 aromatic heterocycles. The Morgan fingerprint density at radius 2 is 1.75 bits per heavy atom. The number of rotatable bonds is 3. The average Bonchev–Trinajstić information content (AvgIpc) is 2.05. The molecule has 0 spiro atoms. The first kappa shape index (κ1) is 9.61. The Bertz CT molecular complexity index is 295. The monoisotopic (exact) mass is 202 g/mol. The van der Waals surface area contributed by atoms with E-state index >= 15 is 0 Å². The van der Waals surface area contributed by atoms with E-state index in [1.165, 1.54) is 0 Å². The first-order valence-electron chi connectivity index (χ1n) is 3.43. The molecule has 1 aromatic rings. The van der Waals surface area contributed by atoms with E-state index in [1.807, 2.05) is 18.2 Å². The van der Waals surface area contributed by atoms with Crippen molar-refractivity contribution in [2.24, 2.45) is 0 Å². The quantitative estimate of drug-likeness (QED) is 0.736. The van der Waals surface area contributed by atoms with Crippen LogP contribution >= 0.6 is 0 Å². The zero-order chi connectivity index (χ0) is 8.97. The standard InChI is InChI=1S/C8H10O2S2/c1-11(9)7-12(10)8-5-3-2-4-6-8/h2-6H,7H2,1H3. The normalized spacial score (nSPS) is 15.4. The molecule has 2 unspecified atom stereocenters. The molecule has 0 amide bonds. The molecule has 0 aliphatic rings. The van der Waals surface area contributed by atoms with Gasteiger partial charge < -0.3 is 0 Å². The van der Waals surface area contributed by atoms with Gasteiger partial charge >= 0.3 is 0 Å². The highest BCUT2D eigenvalue weighted by Crippen LogP contribution is 2.05. The van der Waals surface area contributed by atoms with Crippen LogP contribution in [0.5, 0.6) is 0 Å². The van der Waals surface area contributed by atoms with E-state index in [-0.39, 0.29) is 5.08 Å². The summed E-state index contributed by atoms with van der Waals surface area (Å²) in [5, 5.41) is 0.226. The van der Waals surface area contributed by atoms with E-state index in [4.69, 9.17) is 0 Å². The van der Waals surface area contributed by atoms with Crippen molar-refractivity contribution in [3.05, 3.63) is 30.3 Å². The molecule has 2 nitrogen and oxygen atoms in total. The maximum Gasteiger partial charge on any atom is 0.104 e. The second kappa shape index (κ2) is 4.52. The van der Waals surface area contributed by atoms with Gasteiger partial charge in [-0.3, -0.25) is 8.42 Å². The van der Waals surface area contributed by atoms with Gasteiger partial charge in [-0.2, -0.15) is 0 Å². The summed E-state index contributed by atoms with van der Waals surface area (Å²) in [5.41, 5.74) is 0. The van der Waals surface area contributed by atoms with Crippen LogP contribution in [0, 0.1) is 0 Å². The first-order chi connectivity index (χ1) is 5.70. The van der Waals surface area contributed by atoms with Crippen molar-refractivity contribution in [2.45, 2.75) is 4.90 Å². The number of hydrogen-bond donors (Lipinski definition) is 0. The van der Waals surface area contributed by atoms with Crippen molar-refractivity contribution in [1.82, 2.24) is 0 Å². The third kappa shape index (κ3) is 2.87. The predicted molar refractivity (Wildman–Crippen MR) is 51.8 cm³/mol. The van der Waals surface area contributed by atoms with Crippen LogP contribution in [0.2, 0.25) is 0 Å². The van der Waals surface area contributed by atoms with Gasteiger partial charge in [-0.05, 0) is 12.1 Å². The molecule has 0 heterocycles. The summed E-state index contributed by atoms with van der Waals surface area (Å²) in [6.07, 6.45) is 1.56. The van der Waals surface area contributed by atoms with E-state index in [9.17, 15) is 8.42 Å². The molecular weight excluding hydrogens is 192 g/mol. The van der Waals surface area contributed by atoms with Crippen LogP contribution in [-0.2, 0) is 21.6 Å². The second-order valence-electron chi connectivity index (χ2n) is 2.35. The first-order valence-corrected chi connectivity index (χ1v) is 6.48. The van der Waals surface area contributed by atoms with Gasteiger partial charge in [0.1, 0.15) is 5.08 Å². The molecule has 2 atom stereocenters. The molecule has 0 N–H and O–H groups in total. The molecule has 1 aromatic carbocycles. The SMILES string of the molecule is CS(=O)CS(=O)c1ccccc1. The van der Waals surface area contributed by atoms with Gasteiger partial charge in [0.2, 0.25) is 0 Å². The van der Waals surface area contributed by atoms with Gasteiger partial charge in [0, 0.05) is 22.0 Å². The lowest BCUT2D eigenvalue weighted by Crippen LogP contribution is -2.02. The van der Waals surface area contributed by atoms with Crippen LogP contribution in [0.3, 0.4) is 0 Å². The Labute approximate surface area is 76.9 Å². The average molecular weight is 202 g/mol. The van der Waals surface area contributed by atoms with Gasteiger partial charge in [-0.25, -0.2) is 0 Å². The summed E-state index contributed by atoms with van der Waals surface area (Å²) in [6.45, 7) is 0. The minimum atomic E-state index is -1.11. The van der Waals surface area contributed by atoms with Crippen LogP contribution in [0.15, 0.2) is 35.2 Å². The molecule has 0 aliphatic heterocycles. The van der Waals surface area contributed by atoms with E-state index in [1.54, 1.807) is 18.4 Å². The molecular formula is C8H10O2S2. The smallest absolute Gasteiger partial charge is 0.104 e. The lowest BCUT2D eigenvalue weighted by Gasteiger charge is -1.97. The summed E-state index contributed by atoms with van der Waals surface area (Å²) < 4.78 is 22.1. The molecule has 1 rings (SSSR count). The maximum atomic E-state index is 11.4. The molecule has 0 saturated heterocycles. The zero-order valence-electron chi connectivity index (χ0n) is 6.73. The topological polar surface area (TPSA) is 34.1 Å². The Morgan fingerprint density at radius 3 is 2.25 bits per heavy atom. The Kier molecular flexibility index (Phi) is 3.62. The van der Waals surface area contributed by atoms with Crippen LogP contribution < -0.4 is 0 Å². The van der Waals surface area contributed by atoms with Gasteiger partial charge in [-0.1, -0.05) is 18.2 Å². The fourth-order valence-corrected chi connectivity index (χ4v) is 3.00. The lowest BCUT2D eigenvalue weighted by atomic mass is 10.4. The molecule has 0 saturated carbocycles. The summed E-state index contributed by atoms with van der Waals surface area (Å²) >= 11 is 0. The third-order valence-electron chi connectivity index (χ3n) is 1.28. The van der Waals surface area contributed by atoms with Crippen molar-refractivity contribution in [3.8, 4) is 0 Å². The highest BCUT2D eigenvalue weighted by Gasteiger charge is 2.03. The van der Waals surface area contributed by atoms with Crippen LogP contribution in [0.25, 0.3) is 0 Å². The van der Waals surface area contributed by atoms with Crippen LogP contribution in [0.4, 0.5) is 0 Å². The van der Waals surface area contributed by atoms with Gasteiger partial charge in [0.25, 0.3) is 0 Å². The Balaban J connectivity index is 2.73. The van der Waals surface area contributed by atoms with E-state index in [0.717, 1.165) is 4.90 Å². The molecule has 0 aliphatic carbocycles. The molecule has 12 heavy (non-hydrogen) atoms. The minimum Gasteiger partial charge on any atom is -0.259 e. The van der Waals surface area contributed by atoms with Crippen LogP contribution in [-0.4, -0.2) is 19.8 Å². The van der Waals surface area contributed by atoms with Crippen LogP contribution in [0.1, 0.15) is 0 Å². The Morgan fingerprint density at radius 1 is 1.17 bits per heavy atom. The van der Waals surface area contributed by atoms with E-state index in [2.05, 4.69) is 0 Å². The minimum absolute atomic E-state index is 0.226. The second-order valence-corrected chi connectivity index (χ2v) is 5.60. The highest BCUT2D eigenvalue weighted by atomic mass is 32.2. The van der Waals surface area contributed by atoms with Crippen molar-refractivity contribution < 1.29 is 8.42 Å². The molecule has 0 bridgehead atoms. The van der Waals surface area contributed by atoms with E-state index < -0.39 is 21.6 Å². The van der Waals surface area contributed by atoms with E-state index in [0.29, 0.717) is 0 Å². The van der Waals surface area contributed by atoms with Crippen molar-refractivity contribution in [3.63, 3.8) is 0 Å². The number of benzene rings is 1. The van der Waals surface area contributed by atoms with Crippen molar-refractivity contribution >= 4 is 21.6 Å². The van der Waals surface area contributed by atoms with Gasteiger partial charge in [0.15, 0.2) is 0 Å². The molecule has 66 valence electrons. The summed E-state index contributed by atoms with van der Waals surface area (Å²) in [4.78, 5) is 0.743. The zero-order valence-corrected chi connectivity index (χ0v) is 8.36. The van der Waals surface area contributed by atoms with Crippen molar-refractivity contribution in [1.29, 1.82) is 0 Å². The fourth-order valence-electron chi connectivity index (χ4n) is 0.791. The highest BCUT2D eigenvalue weighted by molar-refractivity contribution is 8.01. The number of hydrogen-bond acceptors (Lipinski definition) is 2. The molecule has 4 heteroatoms. The summed E-state index contributed by atoms with van der Waals surface area (Å²) in [5.74, 6) is 0. The third-order valence-corrected chi connectivity index (χ3v) is 4.26. The lowest BCUT2D eigenvalue weighted by molar-refractivity contribution is 0.681.